The van der Waals surface area contributed by atoms with E-state index in [4.69, 9.17) is 14.9 Å². The molecule has 0 aliphatic carbocycles. The van der Waals surface area contributed by atoms with Crippen molar-refractivity contribution in [3.05, 3.63) is 17.3 Å². The highest BCUT2D eigenvalue weighted by atomic mass is 16.5. The molecule has 13 heavy (non-hydrogen) atoms. The number of carbonyl (C=O) groups is 1. The number of oxazole rings is 1. The highest BCUT2D eigenvalue weighted by molar-refractivity contribution is 5.65. The summed E-state index contributed by atoms with van der Waals surface area (Å²) in [5.41, 5.74) is 5.99. The zero-order valence-electron chi connectivity index (χ0n) is 7.66. The van der Waals surface area contributed by atoms with E-state index in [0.29, 0.717) is 17.3 Å². The van der Waals surface area contributed by atoms with E-state index in [1.165, 1.54) is 6.92 Å². The van der Waals surface area contributed by atoms with Crippen LogP contribution in [0, 0.1) is 6.92 Å². The van der Waals surface area contributed by atoms with Crippen molar-refractivity contribution >= 4 is 5.97 Å². The second-order valence-electron chi connectivity index (χ2n) is 2.59. The summed E-state index contributed by atoms with van der Waals surface area (Å²) >= 11 is 0. The summed E-state index contributed by atoms with van der Waals surface area (Å²) in [4.78, 5) is 14.5. The Kier molecular flexibility index (Phi) is 3.02. The molecule has 0 saturated heterocycles. The molecule has 72 valence electrons. The fraction of sp³-hybridized carbons (Fsp3) is 0.500. The zero-order chi connectivity index (χ0) is 9.84. The molecule has 1 aromatic heterocycles. The van der Waals surface area contributed by atoms with Crippen LogP contribution in [0.2, 0.25) is 0 Å². The van der Waals surface area contributed by atoms with Crippen molar-refractivity contribution < 1.29 is 13.9 Å². The summed E-state index contributed by atoms with van der Waals surface area (Å²) in [5, 5.41) is 0. The molecule has 0 unspecified atom stereocenters. The number of hydrogen-bond donors (Lipinski definition) is 1. The number of rotatable bonds is 3. The molecular formula is C8H12N2O3. The number of carbonyl (C=O) groups excluding carboxylic acids is 1. The molecule has 1 aromatic rings. The van der Waals surface area contributed by atoms with E-state index in [-0.39, 0.29) is 19.1 Å². The Morgan fingerprint density at radius 3 is 2.92 bits per heavy atom. The van der Waals surface area contributed by atoms with Crippen LogP contribution in [-0.2, 0) is 22.7 Å². The van der Waals surface area contributed by atoms with Crippen LogP contribution in [0.1, 0.15) is 24.3 Å². The Morgan fingerprint density at radius 2 is 2.38 bits per heavy atom. The fourth-order valence-electron chi connectivity index (χ4n) is 0.955. The smallest absolute Gasteiger partial charge is 0.303 e. The van der Waals surface area contributed by atoms with Crippen LogP contribution in [0.25, 0.3) is 0 Å². The molecule has 5 nitrogen and oxygen atoms in total. The Hall–Kier alpha value is -1.36. The van der Waals surface area contributed by atoms with Crippen molar-refractivity contribution in [2.24, 2.45) is 5.73 Å². The van der Waals surface area contributed by atoms with Gasteiger partial charge in [0, 0.05) is 13.8 Å². The first-order valence-corrected chi connectivity index (χ1v) is 3.92. The lowest BCUT2D eigenvalue weighted by Gasteiger charge is -1.98. The Bertz CT molecular complexity index is 306. The number of aromatic nitrogens is 1. The van der Waals surface area contributed by atoms with Gasteiger partial charge in [-0.05, 0) is 0 Å². The molecule has 0 amide bonds. The third-order valence-electron chi connectivity index (χ3n) is 1.48. The molecule has 2 N–H and O–H groups in total. The maximum Gasteiger partial charge on any atom is 0.303 e. The largest absolute Gasteiger partial charge is 0.459 e. The van der Waals surface area contributed by atoms with E-state index >= 15 is 0 Å². The lowest BCUT2D eigenvalue weighted by atomic mass is 10.3. The third-order valence-corrected chi connectivity index (χ3v) is 1.48. The van der Waals surface area contributed by atoms with Gasteiger partial charge in [-0.2, -0.15) is 0 Å². The van der Waals surface area contributed by atoms with Gasteiger partial charge in [0.1, 0.15) is 18.1 Å². The van der Waals surface area contributed by atoms with Crippen LogP contribution in [0.5, 0.6) is 0 Å². The van der Waals surface area contributed by atoms with Crippen LogP contribution in [0.3, 0.4) is 0 Å². The molecule has 1 rings (SSSR count). The SMILES string of the molecule is CC(=O)OCc1nc(C)oc1CN. The lowest BCUT2D eigenvalue weighted by molar-refractivity contribution is -0.142. The van der Waals surface area contributed by atoms with E-state index in [2.05, 4.69) is 4.98 Å². The molecule has 0 atom stereocenters. The van der Waals surface area contributed by atoms with Gasteiger partial charge in [0.05, 0.1) is 6.54 Å². The minimum Gasteiger partial charge on any atom is -0.459 e. The van der Waals surface area contributed by atoms with E-state index in [1.807, 2.05) is 0 Å². The number of nitrogens with zero attached hydrogens (tertiary/aromatic N) is 1. The number of ether oxygens (including phenoxy) is 1. The molecular weight excluding hydrogens is 172 g/mol. The summed E-state index contributed by atoms with van der Waals surface area (Å²) < 4.78 is 9.94. The summed E-state index contributed by atoms with van der Waals surface area (Å²) in [7, 11) is 0. The van der Waals surface area contributed by atoms with Gasteiger partial charge in [0.2, 0.25) is 0 Å². The summed E-state index contributed by atoms with van der Waals surface area (Å²) in [6.45, 7) is 3.45. The van der Waals surface area contributed by atoms with E-state index < -0.39 is 0 Å². The van der Waals surface area contributed by atoms with Crippen molar-refractivity contribution in [1.82, 2.24) is 4.98 Å². The topological polar surface area (TPSA) is 78.3 Å². The molecule has 0 radical (unpaired) electrons. The molecule has 0 aliphatic heterocycles. The first-order valence-electron chi connectivity index (χ1n) is 3.92. The number of aryl methyl sites for hydroxylation is 1. The summed E-state index contributed by atoms with van der Waals surface area (Å²) in [6.07, 6.45) is 0. The maximum absolute atomic E-state index is 10.5. The second-order valence-corrected chi connectivity index (χ2v) is 2.59. The molecule has 0 spiro atoms. The van der Waals surface area contributed by atoms with Crippen molar-refractivity contribution in [2.45, 2.75) is 27.0 Å². The van der Waals surface area contributed by atoms with Gasteiger partial charge in [-0.25, -0.2) is 4.98 Å². The predicted molar refractivity (Wildman–Crippen MR) is 44.6 cm³/mol. The van der Waals surface area contributed by atoms with Gasteiger partial charge in [0.25, 0.3) is 0 Å². The zero-order valence-corrected chi connectivity index (χ0v) is 7.66. The van der Waals surface area contributed by atoms with Crippen LogP contribution >= 0.6 is 0 Å². The van der Waals surface area contributed by atoms with Gasteiger partial charge >= 0.3 is 5.97 Å². The summed E-state index contributed by atoms with van der Waals surface area (Å²) in [6, 6.07) is 0. The number of nitrogens with two attached hydrogens (primary N) is 1. The molecule has 0 saturated carbocycles. The van der Waals surface area contributed by atoms with Gasteiger partial charge in [-0.1, -0.05) is 0 Å². The quantitative estimate of drug-likeness (QED) is 0.692. The average molecular weight is 184 g/mol. The van der Waals surface area contributed by atoms with Gasteiger partial charge in [-0.3, -0.25) is 4.79 Å². The monoisotopic (exact) mass is 184 g/mol. The minimum atomic E-state index is -0.344. The number of esters is 1. The maximum atomic E-state index is 10.5. The van der Waals surface area contributed by atoms with Crippen molar-refractivity contribution in [3.8, 4) is 0 Å². The molecule has 5 heteroatoms. The van der Waals surface area contributed by atoms with E-state index in [0.717, 1.165) is 0 Å². The van der Waals surface area contributed by atoms with Crippen LogP contribution < -0.4 is 5.73 Å². The lowest BCUT2D eigenvalue weighted by Crippen LogP contribution is -2.04. The van der Waals surface area contributed by atoms with Gasteiger partial charge in [-0.15, -0.1) is 0 Å². The Labute approximate surface area is 75.9 Å². The van der Waals surface area contributed by atoms with Crippen molar-refractivity contribution in [3.63, 3.8) is 0 Å². The van der Waals surface area contributed by atoms with Gasteiger partial charge < -0.3 is 14.9 Å². The number of hydrogen-bond acceptors (Lipinski definition) is 5. The fourth-order valence-corrected chi connectivity index (χ4v) is 0.955. The highest BCUT2D eigenvalue weighted by Gasteiger charge is 2.10. The van der Waals surface area contributed by atoms with Gasteiger partial charge in [0.15, 0.2) is 5.89 Å². The normalized spacial score (nSPS) is 10.1. The van der Waals surface area contributed by atoms with E-state index in [1.54, 1.807) is 6.92 Å². The molecule has 0 aromatic carbocycles. The highest BCUT2D eigenvalue weighted by Crippen LogP contribution is 2.10. The average Bonchev–Trinajstić information content (AvgIpc) is 2.42. The predicted octanol–water partition coefficient (Wildman–Crippen LogP) is 0.505. The van der Waals surface area contributed by atoms with Crippen LogP contribution in [0.15, 0.2) is 4.42 Å². The first kappa shape index (κ1) is 9.73. The molecule has 0 fully saturated rings. The standard InChI is InChI=1S/C8H12N2O3/c1-5-10-7(4-12-6(2)11)8(3-9)13-5/h3-4,9H2,1-2H3. The third kappa shape index (κ3) is 2.55. The minimum absolute atomic E-state index is 0.124. The molecule has 0 aliphatic rings. The Balaban J connectivity index is 2.69. The van der Waals surface area contributed by atoms with Crippen molar-refractivity contribution in [1.29, 1.82) is 0 Å². The van der Waals surface area contributed by atoms with Crippen LogP contribution in [-0.4, -0.2) is 11.0 Å². The first-order chi connectivity index (χ1) is 6.13. The molecule has 0 bridgehead atoms. The van der Waals surface area contributed by atoms with E-state index in [9.17, 15) is 4.79 Å². The molecule has 1 heterocycles. The van der Waals surface area contributed by atoms with Crippen molar-refractivity contribution in [2.75, 3.05) is 0 Å². The summed E-state index contributed by atoms with van der Waals surface area (Å²) in [5.74, 6) is 0.755. The van der Waals surface area contributed by atoms with Crippen LogP contribution in [0.4, 0.5) is 0 Å². The second kappa shape index (κ2) is 4.04. The Morgan fingerprint density at radius 1 is 1.69 bits per heavy atom.